The number of hydrogen-bond donors (Lipinski definition) is 1. The highest BCUT2D eigenvalue weighted by Crippen LogP contribution is 2.25. The minimum atomic E-state index is 0.421. The molecule has 0 saturated heterocycles. The average Bonchev–Trinajstić information content (AvgIpc) is 2.15. The molecule has 1 heteroatoms. The Bertz CT molecular complexity index is 335. The Hall–Kier alpha value is -0.820. The minimum absolute atomic E-state index is 0.421. The fraction of sp³-hybridized carbons (Fsp3) is 0.571. The molecule has 1 aromatic carbocycles. The van der Waals surface area contributed by atoms with Crippen LogP contribution in [0.5, 0.6) is 0 Å². The van der Waals surface area contributed by atoms with Crippen LogP contribution in [0.25, 0.3) is 0 Å². The average molecular weight is 203 g/mol. The van der Waals surface area contributed by atoms with Crippen molar-refractivity contribution in [2.45, 2.75) is 46.2 Å². The third-order valence-electron chi connectivity index (χ3n) is 3.02. The van der Waals surface area contributed by atoms with Crippen molar-refractivity contribution in [3.8, 4) is 0 Å². The highest BCUT2D eigenvalue weighted by Gasteiger charge is 2.22. The van der Waals surface area contributed by atoms with Crippen LogP contribution in [0.1, 0.15) is 38.3 Å². The van der Waals surface area contributed by atoms with Gasteiger partial charge in [0.15, 0.2) is 0 Å². The summed E-state index contributed by atoms with van der Waals surface area (Å²) >= 11 is 0. The van der Waals surface area contributed by atoms with E-state index >= 15 is 0 Å². The van der Waals surface area contributed by atoms with E-state index in [0.29, 0.717) is 11.5 Å². The van der Waals surface area contributed by atoms with Crippen molar-refractivity contribution in [3.63, 3.8) is 0 Å². The van der Waals surface area contributed by atoms with Gasteiger partial charge in [-0.3, -0.25) is 0 Å². The number of nitrogens with one attached hydrogen (secondary N) is 1. The predicted molar refractivity (Wildman–Crippen MR) is 64.8 cm³/mol. The van der Waals surface area contributed by atoms with Gasteiger partial charge in [0, 0.05) is 12.6 Å². The van der Waals surface area contributed by atoms with Crippen LogP contribution in [0.15, 0.2) is 24.3 Å². The summed E-state index contributed by atoms with van der Waals surface area (Å²) in [5.41, 5.74) is 3.43. The minimum Gasteiger partial charge on any atom is -0.310 e. The van der Waals surface area contributed by atoms with Gasteiger partial charge in [-0.25, -0.2) is 0 Å². The first-order valence-corrected chi connectivity index (χ1v) is 5.85. The SMILES string of the molecule is CC(C)(C)CC1Cc2ccccc2CN1. The Balaban J connectivity index is 2.06. The van der Waals surface area contributed by atoms with E-state index in [1.54, 1.807) is 0 Å². The standard InChI is InChI=1S/C14H21N/c1-14(2,3)9-13-8-11-6-4-5-7-12(11)10-15-13/h4-7,13,15H,8-10H2,1-3H3. The van der Waals surface area contributed by atoms with E-state index in [1.807, 2.05) is 0 Å². The number of rotatable bonds is 1. The molecule has 1 atom stereocenters. The van der Waals surface area contributed by atoms with Crippen LogP contribution in [0, 0.1) is 5.41 Å². The van der Waals surface area contributed by atoms with E-state index in [-0.39, 0.29) is 0 Å². The second kappa shape index (κ2) is 3.97. The second-order valence-corrected chi connectivity index (χ2v) is 5.82. The number of fused-ring (bicyclic) bond motifs is 1. The lowest BCUT2D eigenvalue weighted by Gasteiger charge is -2.31. The highest BCUT2D eigenvalue weighted by atomic mass is 14.9. The predicted octanol–water partition coefficient (Wildman–Crippen LogP) is 3.14. The molecule has 1 aliphatic rings. The van der Waals surface area contributed by atoms with Crippen LogP contribution in [0.3, 0.4) is 0 Å². The lowest BCUT2D eigenvalue weighted by atomic mass is 9.83. The maximum Gasteiger partial charge on any atom is 0.0210 e. The van der Waals surface area contributed by atoms with E-state index in [2.05, 4.69) is 50.4 Å². The van der Waals surface area contributed by atoms with Crippen LogP contribution < -0.4 is 5.32 Å². The van der Waals surface area contributed by atoms with Gasteiger partial charge in [-0.1, -0.05) is 45.0 Å². The molecule has 1 unspecified atom stereocenters. The van der Waals surface area contributed by atoms with E-state index in [1.165, 1.54) is 24.0 Å². The van der Waals surface area contributed by atoms with E-state index in [4.69, 9.17) is 0 Å². The number of hydrogen-bond acceptors (Lipinski definition) is 1. The summed E-state index contributed by atoms with van der Waals surface area (Å²) < 4.78 is 0. The molecule has 1 aliphatic heterocycles. The highest BCUT2D eigenvalue weighted by molar-refractivity contribution is 5.29. The molecule has 0 spiro atoms. The summed E-state index contributed by atoms with van der Waals surface area (Å²) in [6.45, 7) is 7.98. The zero-order valence-corrected chi connectivity index (χ0v) is 10.0. The Kier molecular flexibility index (Phi) is 2.83. The van der Waals surface area contributed by atoms with E-state index < -0.39 is 0 Å². The molecule has 1 N–H and O–H groups in total. The lowest BCUT2D eigenvalue weighted by Crippen LogP contribution is -2.38. The van der Waals surface area contributed by atoms with Crippen molar-refractivity contribution >= 4 is 0 Å². The number of benzene rings is 1. The van der Waals surface area contributed by atoms with Gasteiger partial charge in [-0.2, -0.15) is 0 Å². The molecule has 0 fully saturated rings. The quantitative estimate of drug-likeness (QED) is 0.739. The molecule has 0 bridgehead atoms. The molecule has 1 aromatic rings. The van der Waals surface area contributed by atoms with Gasteiger partial charge >= 0.3 is 0 Å². The third kappa shape index (κ3) is 2.82. The van der Waals surface area contributed by atoms with Crippen LogP contribution in [0.4, 0.5) is 0 Å². The van der Waals surface area contributed by atoms with Gasteiger partial charge in [-0.15, -0.1) is 0 Å². The van der Waals surface area contributed by atoms with Crippen molar-refractivity contribution in [1.29, 1.82) is 0 Å². The summed E-state index contributed by atoms with van der Waals surface area (Å²) in [6.07, 6.45) is 2.44. The zero-order chi connectivity index (χ0) is 10.9. The van der Waals surface area contributed by atoms with Crippen LogP contribution in [0.2, 0.25) is 0 Å². The molecule has 0 amide bonds. The Morgan fingerprint density at radius 3 is 2.53 bits per heavy atom. The van der Waals surface area contributed by atoms with Crippen molar-refractivity contribution in [2.24, 2.45) is 5.41 Å². The molecule has 15 heavy (non-hydrogen) atoms. The van der Waals surface area contributed by atoms with Gasteiger partial charge in [0.25, 0.3) is 0 Å². The molecule has 1 nitrogen and oxygen atoms in total. The molecule has 2 rings (SSSR count). The first-order valence-electron chi connectivity index (χ1n) is 5.85. The van der Waals surface area contributed by atoms with Gasteiger partial charge < -0.3 is 5.32 Å². The molecule has 0 radical (unpaired) electrons. The molecular weight excluding hydrogens is 182 g/mol. The second-order valence-electron chi connectivity index (χ2n) is 5.82. The van der Waals surface area contributed by atoms with Crippen molar-refractivity contribution in [3.05, 3.63) is 35.4 Å². The lowest BCUT2D eigenvalue weighted by molar-refractivity contribution is 0.298. The van der Waals surface area contributed by atoms with Crippen molar-refractivity contribution < 1.29 is 0 Å². The molecular formula is C14H21N. The summed E-state index contributed by atoms with van der Waals surface area (Å²) in [7, 11) is 0. The van der Waals surface area contributed by atoms with Gasteiger partial charge in [0.1, 0.15) is 0 Å². The molecule has 0 saturated carbocycles. The molecule has 0 aliphatic carbocycles. The maximum absolute atomic E-state index is 3.63. The summed E-state index contributed by atoms with van der Waals surface area (Å²) in [5, 5.41) is 3.63. The third-order valence-corrected chi connectivity index (χ3v) is 3.02. The van der Waals surface area contributed by atoms with Gasteiger partial charge in [0.2, 0.25) is 0 Å². The summed E-state index contributed by atoms with van der Waals surface area (Å²) in [4.78, 5) is 0. The fourth-order valence-electron chi connectivity index (χ4n) is 2.40. The first-order chi connectivity index (χ1) is 7.04. The summed E-state index contributed by atoms with van der Waals surface area (Å²) in [5.74, 6) is 0. The Morgan fingerprint density at radius 2 is 1.87 bits per heavy atom. The van der Waals surface area contributed by atoms with Crippen LogP contribution in [-0.2, 0) is 13.0 Å². The maximum atomic E-state index is 3.63. The van der Waals surface area contributed by atoms with Crippen LogP contribution >= 0.6 is 0 Å². The first kappa shape index (κ1) is 10.7. The van der Waals surface area contributed by atoms with E-state index in [9.17, 15) is 0 Å². The largest absolute Gasteiger partial charge is 0.310 e. The monoisotopic (exact) mass is 203 g/mol. The zero-order valence-electron chi connectivity index (χ0n) is 10.0. The topological polar surface area (TPSA) is 12.0 Å². The normalized spacial score (nSPS) is 21.1. The van der Waals surface area contributed by atoms with Gasteiger partial charge in [-0.05, 0) is 29.4 Å². The Morgan fingerprint density at radius 1 is 1.20 bits per heavy atom. The van der Waals surface area contributed by atoms with Gasteiger partial charge in [0.05, 0.1) is 0 Å². The Labute approximate surface area is 92.9 Å². The van der Waals surface area contributed by atoms with Crippen LogP contribution in [-0.4, -0.2) is 6.04 Å². The van der Waals surface area contributed by atoms with Crippen molar-refractivity contribution in [2.75, 3.05) is 0 Å². The van der Waals surface area contributed by atoms with E-state index in [0.717, 1.165) is 6.54 Å². The molecule has 82 valence electrons. The fourth-order valence-corrected chi connectivity index (χ4v) is 2.40. The molecule has 1 heterocycles. The molecule has 0 aromatic heterocycles. The summed E-state index contributed by atoms with van der Waals surface area (Å²) in [6, 6.07) is 9.43. The van der Waals surface area contributed by atoms with Crippen molar-refractivity contribution in [1.82, 2.24) is 5.32 Å². The smallest absolute Gasteiger partial charge is 0.0210 e.